The standard InChI is InChI=1S/C20H29ClN2O3S/c1-4-18(20(24)22-13-12-16-8-6-5-7-9-16)23(27(3,25)26)19-14-17(21)11-10-15(19)2/h8,10-11,14,18H,4-7,9,12-13H2,1-3H3,(H,22,24). The van der Waals surface area contributed by atoms with Crippen molar-refractivity contribution in [1.29, 1.82) is 0 Å². The van der Waals surface area contributed by atoms with E-state index in [4.69, 9.17) is 11.6 Å². The average Bonchev–Trinajstić information content (AvgIpc) is 2.61. The molecule has 0 saturated heterocycles. The van der Waals surface area contributed by atoms with Crippen LogP contribution in [0.5, 0.6) is 0 Å². The quantitative estimate of drug-likeness (QED) is 0.650. The van der Waals surface area contributed by atoms with E-state index >= 15 is 0 Å². The second kappa shape index (κ2) is 9.60. The highest BCUT2D eigenvalue weighted by Crippen LogP contribution is 2.29. The fourth-order valence-corrected chi connectivity index (χ4v) is 4.88. The number of carbonyl (C=O) groups is 1. The molecule has 0 saturated carbocycles. The van der Waals surface area contributed by atoms with Gasteiger partial charge >= 0.3 is 0 Å². The van der Waals surface area contributed by atoms with Gasteiger partial charge in [0, 0.05) is 11.6 Å². The summed E-state index contributed by atoms with van der Waals surface area (Å²) in [6.45, 7) is 4.14. The van der Waals surface area contributed by atoms with Gasteiger partial charge in [0.25, 0.3) is 0 Å². The summed E-state index contributed by atoms with van der Waals surface area (Å²) >= 11 is 6.08. The van der Waals surface area contributed by atoms with E-state index in [0.29, 0.717) is 23.7 Å². The molecule has 27 heavy (non-hydrogen) atoms. The molecule has 1 aliphatic carbocycles. The molecule has 0 bridgehead atoms. The minimum Gasteiger partial charge on any atom is -0.354 e. The van der Waals surface area contributed by atoms with Crippen LogP contribution in [0.3, 0.4) is 0 Å². The number of amides is 1. The Labute approximate surface area is 167 Å². The van der Waals surface area contributed by atoms with Gasteiger partial charge < -0.3 is 5.32 Å². The van der Waals surface area contributed by atoms with Crippen LogP contribution in [0.2, 0.25) is 5.02 Å². The Morgan fingerprint density at radius 2 is 2.07 bits per heavy atom. The molecule has 1 aromatic rings. The van der Waals surface area contributed by atoms with Crippen LogP contribution in [0.15, 0.2) is 29.8 Å². The molecule has 1 aromatic carbocycles. The molecule has 1 aliphatic rings. The van der Waals surface area contributed by atoms with Crippen LogP contribution in [0, 0.1) is 6.92 Å². The molecule has 0 aliphatic heterocycles. The van der Waals surface area contributed by atoms with Gasteiger partial charge in [-0.3, -0.25) is 9.10 Å². The normalized spacial score (nSPS) is 15.8. The molecule has 1 unspecified atom stereocenters. The van der Waals surface area contributed by atoms with E-state index in [1.165, 1.54) is 22.7 Å². The largest absolute Gasteiger partial charge is 0.354 e. The molecule has 0 aromatic heterocycles. The third kappa shape index (κ3) is 5.98. The lowest BCUT2D eigenvalue weighted by Gasteiger charge is -2.31. The smallest absolute Gasteiger partial charge is 0.243 e. The van der Waals surface area contributed by atoms with Crippen LogP contribution in [-0.2, 0) is 14.8 Å². The lowest BCUT2D eigenvalue weighted by atomic mass is 9.97. The highest BCUT2D eigenvalue weighted by molar-refractivity contribution is 7.92. The minimum absolute atomic E-state index is 0.279. The third-order valence-corrected chi connectivity index (χ3v) is 6.27. The predicted molar refractivity (Wildman–Crippen MR) is 112 cm³/mol. The lowest BCUT2D eigenvalue weighted by molar-refractivity contribution is -0.122. The number of nitrogens with one attached hydrogen (secondary N) is 1. The number of hydrogen-bond acceptors (Lipinski definition) is 3. The van der Waals surface area contributed by atoms with Crippen molar-refractivity contribution in [1.82, 2.24) is 5.32 Å². The van der Waals surface area contributed by atoms with Crippen molar-refractivity contribution in [2.45, 2.75) is 58.4 Å². The van der Waals surface area contributed by atoms with Gasteiger partial charge in [0.1, 0.15) is 6.04 Å². The topological polar surface area (TPSA) is 66.5 Å². The molecule has 0 fully saturated rings. The summed E-state index contributed by atoms with van der Waals surface area (Å²) in [5, 5.41) is 3.35. The number of hydrogen-bond donors (Lipinski definition) is 1. The zero-order chi connectivity index (χ0) is 20.0. The van der Waals surface area contributed by atoms with Crippen molar-refractivity contribution >= 4 is 33.2 Å². The molecule has 0 heterocycles. The first-order valence-corrected chi connectivity index (χ1v) is 11.7. The minimum atomic E-state index is -3.66. The highest BCUT2D eigenvalue weighted by Gasteiger charge is 2.32. The molecule has 2 rings (SSSR count). The van der Waals surface area contributed by atoms with Crippen LogP contribution < -0.4 is 9.62 Å². The first kappa shape index (κ1) is 21.8. The predicted octanol–water partition coefficient (Wildman–Crippen LogP) is 4.20. The average molecular weight is 413 g/mol. The molecule has 1 amide bonds. The first-order valence-electron chi connectivity index (χ1n) is 9.45. The molecule has 0 radical (unpaired) electrons. The van der Waals surface area contributed by atoms with Gasteiger partial charge in [-0.2, -0.15) is 0 Å². The van der Waals surface area contributed by atoms with Crippen LogP contribution in [0.25, 0.3) is 0 Å². The molecule has 150 valence electrons. The maximum absolute atomic E-state index is 12.8. The fraction of sp³-hybridized carbons (Fsp3) is 0.550. The Morgan fingerprint density at radius 1 is 1.33 bits per heavy atom. The molecule has 7 heteroatoms. The van der Waals surface area contributed by atoms with E-state index in [0.717, 1.165) is 31.1 Å². The van der Waals surface area contributed by atoms with Gasteiger partial charge in [-0.05, 0) is 63.1 Å². The highest BCUT2D eigenvalue weighted by atomic mass is 35.5. The summed E-state index contributed by atoms with van der Waals surface area (Å²) in [7, 11) is -3.66. The van der Waals surface area contributed by atoms with Gasteiger partial charge in [-0.25, -0.2) is 8.42 Å². The molecular formula is C20H29ClN2O3S. The summed E-state index contributed by atoms with van der Waals surface area (Å²) in [6, 6.07) is 4.26. The van der Waals surface area contributed by atoms with E-state index in [-0.39, 0.29) is 5.91 Å². The van der Waals surface area contributed by atoms with Crippen LogP contribution in [0.1, 0.15) is 51.0 Å². The van der Waals surface area contributed by atoms with Crippen molar-refractivity contribution < 1.29 is 13.2 Å². The van der Waals surface area contributed by atoms with Gasteiger partial charge in [0.2, 0.25) is 15.9 Å². The fourth-order valence-electron chi connectivity index (χ4n) is 3.45. The van der Waals surface area contributed by atoms with E-state index in [1.807, 2.05) is 13.8 Å². The van der Waals surface area contributed by atoms with Gasteiger partial charge in [0.15, 0.2) is 0 Å². The number of carbonyl (C=O) groups excluding carboxylic acids is 1. The van der Waals surface area contributed by atoms with E-state index < -0.39 is 16.1 Å². The zero-order valence-corrected chi connectivity index (χ0v) is 17.9. The summed E-state index contributed by atoms with van der Waals surface area (Å²) in [5.41, 5.74) is 2.57. The Hall–Kier alpha value is -1.53. The Morgan fingerprint density at radius 3 is 2.67 bits per heavy atom. The maximum atomic E-state index is 12.8. The SMILES string of the molecule is CCC(C(=O)NCCC1=CCCCC1)N(c1cc(Cl)ccc1C)S(C)(=O)=O. The van der Waals surface area contributed by atoms with Crippen molar-refractivity contribution in [3.05, 3.63) is 40.4 Å². The van der Waals surface area contributed by atoms with Gasteiger partial charge in [0.05, 0.1) is 11.9 Å². The number of rotatable bonds is 8. The Balaban J connectivity index is 2.18. The van der Waals surface area contributed by atoms with Crippen LogP contribution >= 0.6 is 11.6 Å². The van der Waals surface area contributed by atoms with Crippen molar-refractivity contribution in [2.75, 3.05) is 17.1 Å². The van der Waals surface area contributed by atoms with Crippen molar-refractivity contribution in [3.63, 3.8) is 0 Å². The van der Waals surface area contributed by atoms with E-state index in [9.17, 15) is 13.2 Å². The molecule has 1 atom stereocenters. The number of benzene rings is 1. The van der Waals surface area contributed by atoms with Crippen LogP contribution in [-0.4, -0.2) is 33.2 Å². The molecular weight excluding hydrogens is 384 g/mol. The molecule has 5 nitrogen and oxygen atoms in total. The van der Waals surface area contributed by atoms with Crippen molar-refractivity contribution in [3.8, 4) is 0 Å². The van der Waals surface area contributed by atoms with Crippen molar-refractivity contribution in [2.24, 2.45) is 0 Å². The number of nitrogens with zero attached hydrogens (tertiary/aromatic N) is 1. The monoisotopic (exact) mass is 412 g/mol. The Kier molecular flexibility index (Phi) is 7.74. The molecule has 1 N–H and O–H groups in total. The van der Waals surface area contributed by atoms with Gasteiger partial charge in [-0.1, -0.05) is 36.2 Å². The Bertz CT molecular complexity index is 805. The summed E-state index contributed by atoms with van der Waals surface area (Å²) in [5.74, 6) is -0.279. The number of anilines is 1. The molecule has 0 spiro atoms. The summed E-state index contributed by atoms with van der Waals surface area (Å²) < 4.78 is 26.2. The van der Waals surface area contributed by atoms with Gasteiger partial charge in [-0.15, -0.1) is 0 Å². The maximum Gasteiger partial charge on any atom is 0.243 e. The first-order chi connectivity index (χ1) is 12.7. The zero-order valence-electron chi connectivity index (χ0n) is 16.3. The van der Waals surface area contributed by atoms with E-state index in [1.54, 1.807) is 18.2 Å². The third-order valence-electron chi connectivity index (χ3n) is 4.87. The number of aryl methyl sites for hydroxylation is 1. The summed E-state index contributed by atoms with van der Waals surface area (Å²) in [4.78, 5) is 12.8. The second-order valence-corrected chi connectivity index (χ2v) is 9.36. The number of halogens is 1. The van der Waals surface area contributed by atoms with Crippen LogP contribution in [0.4, 0.5) is 5.69 Å². The number of allylic oxidation sites excluding steroid dienone is 1. The second-order valence-electron chi connectivity index (χ2n) is 7.06. The lowest BCUT2D eigenvalue weighted by Crippen LogP contribution is -2.49. The number of sulfonamides is 1. The van der Waals surface area contributed by atoms with E-state index in [2.05, 4.69) is 11.4 Å². The summed E-state index contributed by atoms with van der Waals surface area (Å²) in [6.07, 6.45) is 9.19.